The van der Waals surface area contributed by atoms with Gasteiger partial charge in [-0.2, -0.15) is 0 Å². The third-order valence-electron chi connectivity index (χ3n) is 5.03. The molecule has 1 aliphatic heterocycles. The molecule has 29 heavy (non-hydrogen) atoms. The molecule has 2 N–H and O–H groups in total. The van der Waals surface area contributed by atoms with Crippen LogP contribution < -0.4 is 20.1 Å². The van der Waals surface area contributed by atoms with Crippen molar-refractivity contribution in [2.24, 2.45) is 5.92 Å². The Bertz CT molecular complexity index is 852. The lowest BCUT2D eigenvalue weighted by atomic mass is 9.96. The molecule has 1 aliphatic carbocycles. The summed E-state index contributed by atoms with van der Waals surface area (Å²) in [6.45, 7) is 0.524. The van der Waals surface area contributed by atoms with Gasteiger partial charge in [-0.05, 0) is 37.8 Å². The van der Waals surface area contributed by atoms with Crippen molar-refractivity contribution in [1.29, 1.82) is 0 Å². The maximum absolute atomic E-state index is 12.5. The quantitative estimate of drug-likeness (QED) is 0.487. The number of nitrogens with one attached hydrogen (secondary N) is 2. The summed E-state index contributed by atoms with van der Waals surface area (Å²) in [7, 11) is 2.93. The van der Waals surface area contributed by atoms with E-state index in [9.17, 15) is 19.2 Å². The van der Waals surface area contributed by atoms with Gasteiger partial charge in [-0.25, -0.2) is 4.79 Å². The molecule has 1 aromatic carbocycles. The standard InChI is InChI=1S/C19H23N3O7/c1-19(11-4-5-11)17(25)22(18(26)21-19)9-16(24)29-10-15(23)20-13-8-12(27-2)6-7-14(13)28-3/h6-8,11H,4-5,9-10H2,1-3H3,(H,20,23)(H,21,26)/t19-/m0/s1. The van der Waals surface area contributed by atoms with Gasteiger partial charge in [-0.3, -0.25) is 19.3 Å². The molecule has 0 radical (unpaired) electrons. The molecule has 10 nitrogen and oxygen atoms in total. The Morgan fingerprint density at radius 2 is 1.97 bits per heavy atom. The smallest absolute Gasteiger partial charge is 0.326 e. The summed E-state index contributed by atoms with van der Waals surface area (Å²) in [5, 5.41) is 5.20. The number of esters is 1. The maximum atomic E-state index is 12.5. The van der Waals surface area contributed by atoms with Crippen LogP contribution in [0.3, 0.4) is 0 Å². The minimum absolute atomic E-state index is 0.0867. The number of carbonyl (C=O) groups excluding carboxylic acids is 4. The Kier molecular flexibility index (Phi) is 5.62. The lowest BCUT2D eigenvalue weighted by Crippen LogP contribution is -2.46. The van der Waals surface area contributed by atoms with Crippen molar-refractivity contribution in [1.82, 2.24) is 10.2 Å². The zero-order valence-electron chi connectivity index (χ0n) is 16.4. The molecule has 2 aliphatic rings. The largest absolute Gasteiger partial charge is 0.497 e. The molecule has 3 rings (SSSR count). The van der Waals surface area contributed by atoms with Crippen LogP contribution in [0.1, 0.15) is 19.8 Å². The van der Waals surface area contributed by atoms with Gasteiger partial charge < -0.3 is 24.8 Å². The van der Waals surface area contributed by atoms with E-state index < -0.39 is 42.5 Å². The second kappa shape index (κ2) is 7.98. The van der Waals surface area contributed by atoms with Gasteiger partial charge in [0.05, 0.1) is 19.9 Å². The first-order valence-corrected chi connectivity index (χ1v) is 9.10. The Balaban J connectivity index is 1.53. The average molecular weight is 405 g/mol. The van der Waals surface area contributed by atoms with E-state index in [-0.39, 0.29) is 5.92 Å². The number of urea groups is 1. The average Bonchev–Trinajstić information content (AvgIpc) is 3.52. The maximum Gasteiger partial charge on any atom is 0.326 e. The molecule has 0 bridgehead atoms. The van der Waals surface area contributed by atoms with Crippen LogP contribution >= 0.6 is 0 Å². The molecule has 1 saturated heterocycles. The second-order valence-electron chi connectivity index (χ2n) is 7.07. The van der Waals surface area contributed by atoms with Crippen LogP contribution in [0.25, 0.3) is 0 Å². The van der Waals surface area contributed by atoms with E-state index >= 15 is 0 Å². The Hall–Kier alpha value is -3.30. The molecular weight excluding hydrogens is 382 g/mol. The molecule has 2 fully saturated rings. The van der Waals surface area contributed by atoms with E-state index in [4.69, 9.17) is 14.2 Å². The van der Waals surface area contributed by atoms with Crippen LogP contribution in [-0.2, 0) is 19.1 Å². The number of carbonyl (C=O) groups is 4. The summed E-state index contributed by atoms with van der Waals surface area (Å²) >= 11 is 0. The van der Waals surface area contributed by atoms with Crippen LogP contribution in [0.15, 0.2) is 18.2 Å². The second-order valence-corrected chi connectivity index (χ2v) is 7.07. The topological polar surface area (TPSA) is 123 Å². The van der Waals surface area contributed by atoms with Crippen LogP contribution in [0.4, 0.5) is 10.5 Å². The molecule has 1 aromatic rings. The van der Waals surface area contributed by atoms with Gasteiger partial charge in [0.25, 0.3) is 11.8 Å². The fourth-order valence-corrected chi connectivity index (χ4v) is 3.22. The monoisotopic (exact) mass is 405 g/mol. The predicted molar refractivity (Wildman–Crippen MR) is 101 cm³/mol. The molecule has 1 heterocycles. The van der Waals surface area contributed by atoms with E-state index in [2.05, 4.69) is 10.6 Å². The highest BCUT2D eigenvalue weighted by Gasteiger charge is 2.56. The molecule has 4 amide bonds. The summed E-state index contributed by atoms with van der Waals surface area (Å²) in [5.74, 6) is -0.915. The highest BCUT2D eigenvalue weighted by Crippen LogP contribution is 2.42. The van der Waals surface area contributed by atoms with Crippen molar-refractivity contribution < 1.29 is 33.4 Å². The number of anilines is 1. The van der Waals surface area contributed by atoms with Crippen LogP contribution in [0, 0.1) is 5.92 Å². The molecular formula is C19H23N3O7. The highest BCUT2D eigenvalue weighted by molar-refractivity contribution is 6.09. The zero-order valence-corrected chi connectivity index (χ0v) is 16.4. The van der Waals surface area contributed by atoms with Crippen molar-refractivity contribution in [3.05, 3.63) is 18.2 Å². The normalized spacial score (nSPS) is 20.9. The van der Waals surface area contributed by atoms with Crippen molar-refractivity contribution in [2.45, 2.75) is 25.3 Å². The Labute approximate surface area is 167 Å². The lowest BCUT2D eigenvalue weighted by molar-refractivity contribution is -0.150. The summed E-state index contributed by atoms with van der Waals surface area (Å²) in [6.07, 6.45) is 1.71. The number of hydrogen-bond acceptors (Lipinski definition) is 7. The van der Waals surface area contributed by atoms with Crippen molar-refractivity contribution >= 4 is 29.5 Å². The third-order valence-corrected chi connectivity index (χ3v) is 5.03. The summed E-state index contributed by atoms with van der Waals surface area (Å²) in [6, 6.07) is 4.22. The third kappa shape index (κ3) is 4.25. The lowest BCUT2D eigenvalue weighted by Gasteiger charge is -2.20. The number of hydrogen-bond donors (Lipinski definition) is 2. The number of methoxy groups -OCH3 is 2. The fourth-order valence-electron chi connectivity index (χ4n) is 3.22. The van der Waals surface area contributed by atoms with Crippen LogP contribution in [0.2, 0.25) is 0 Å². The minimum Gasteiger partial charge on any atom is -0.497 e. The fraction of sp³-hybridized carbons (Fsp3) is 0.474. The van der Waals surface area contributed by atoms with Gasteiger partial charge in [0.15, 0.2) is 6.61 Å². The highest BCUT2D eigenvalue weighted by atomic mass is 16.5. The van der Waals surface area contributed by atoms with Gasteiger partial charge in [-0.1, -0.05) is 0 Å². The summed E-state index contributed by atoms with van der Waals surface area (Å²) in [5.41, 5.74) is -0.625. The van der Waals surface area contributed by atoms with E-state index in [1.54, 1.807) is 25.1 Å². The van der Waals surface area contributed by atoms with Gasteiger partial charge in [-0.15, -0.1) is 0 Å². The summed E-state index contributed by atoms with van der Waals surface area (Å²) in [4.78, 5) is 49.5. The van der Waals surface area contributed by atoms with Gasteiger partial charge in [0.2, 0.25) is 0 Å². The summed E-state index contributed by atoms with van der Waals surface area (Å²) < 4.78 is 15.2. The van der Waals surface area contributed by atoms with Crippen LogP contribution in [0.5, 0.6) is 11.5 Å². The van der Waals surface area contributed by atoms with E-state index in [0.717, 1.165) is 17.7 Å². The van der Waals surface area contributed by atoms with Gasteiger partial charge >= 0.3 is 12.0 Å². The molecule has 0 unspecified atom stereocenters. The van der Waals surface area contributed by atoms with Crippen molar-refractivity contribution in [3.8, 4) is 11.5 Å². The number of benzene rings is 1. The number of nitrogens with zero attached hydrogens (tertiary/aromatic N) is 1. The SMILES string of the molecule is COc1ccc(OC)c(NC(=O)COC(=O)CN2C(=O)N[C@@](C)(C3CC3)C2=O)c1. The van der Waals surface area contributed by atoms with Gasteiger partial charge in [0, 0.05) is 6.07 Å². The molecule has 1 atom stereocenters. The molecule has 0 aromatic heterocycles. The zero-order chi connectivity index (χ0) is 21.2. The predicted octanol–water partition coefficient (Wildman–Crippen LogP) is 0.906. The molecule has 0 spiro atoms. The number of amides is 4. The first-order chi connectivity index (χ1) is 13.8. The number of imide groups is 1. The van der Waals surface area contributed by atoms with Crippen molar-refractivity contribution in [3.63, 3.8) is 0 Å². The molecule has 156 valence electrons. The van der Waals surface area contributed by atoms with Gasteiger partial charge in [0.1, 0.15) is 23.6 Å². The first kappa shape index (κ1) is 20.4. The Morgan fingerprint density at radius 1 is 1.24 bits per heavy atom. The Morgan fingerprint density at radius 3 is 2.59 bits per heavy atom. The van der Waals surface area contributed by atoms with E-state index in [0.29, 0.717) is 17.2 Å². The molecule has 1 saturated carbocycles. The number of ether oxygens (including phenoxy) is 3. The first-order valence-electron chi connectivity index (χ1n) is 9.10. The van der Waals surface area contributed by atoms with Crippen molar-refractivity contribution in [2.75, 3.05) is 32.7 Å². The molecule has 10 heteroatoms. The van der Waals surface area contributed by atoms with Crippen LogP contribution in [-0.4, -0.2) is 61.6 Å². The van der Waals surface area contributed by atoms with E-state index in [1.165, 1.54) is 14.2 Å². The number of rotatable bonds is 8. The van der Waals surface area contributed by atoms with E-state index in [1.807, 2.05) is 0 Å². The minimum atomic E-state index is -0.975.